The molecule has 2 N–H and O–H groups in total. The second-order valence-electron chi connectivity index (χ2n) is 8.46. The Morgan fingerprint density at radius 3 is 2.92 bits per heavy atom. The van der Waals surface area contributed by atoms with Gasteiger partial charge in [-0.2, -0.15) is 0 Å². The van der Waals surface area contributed by atoms with E-state index in [1.807, 2.05) is 10.6 Å². The fourth-order valence-corrected chi connectivity index (χ4v) is 5.71. The molecule has 0 bridgehead atoms. The number of nitrogens with zero attached hydrogens (tertiary/aromatic N) is 1. The zero-order valence-corrected chi connectivity index (χ0v) is 15.2. The number of hydrogen-bond donors (Lipinski definition) is 2. The SMILES string of the molecule is CCC1(O)C(=O)OCc2c1cc1n(c2=O)CC2CC3CCCCC3NC12. The summed E-state index contributed by atoms with van der Waals surface area (Å²) in [7, 11) is 0. The van der Waals surface area contributed by atoms with Gasteiger partial charge in [0.2, 0.25) is 0 Å². The third kappa shape index (κ3) is 2.12. The summed E-state index contributed by atoms with van der Waals surface area (Å²) < 4.78 is 6.98. The zero-order valence-electron chi connectivity index (χ0n) is 15.2. The van der Waals surface area contributed by atoms with Crippen LogP contribution in [0.15, 0.2) is 10.9 Å². The first-order valence-electron chi connectivity index (χ1n) is 9.95. The van der Waals surface area contributed by atoms with Crippen LogP contribution >= 0.6 is 0 Å². The van der Waals surface area contributed by atoms with E-state index >= 15 is 0 Å². The maximum absolute atomic E-state index is 13.1. The van der Waals surface area contributed by atoms with Crippen molar-refractivity contribution < 1.29 is 14.6 Å². The van der Waals surface area contributed by atoms with Gasteiger partial charge in [-0.3, -0.25) is 4.79 Å². The Morgan fingerprint density at radius 1 is 1.31 bits per heavy atom. The Hall–Kier alpha value is -1.66. The Morgan fingerprint density at radius 2 is 2.12 bits per heavy atom. The molecule has 2 fully saturated rings. The molecular weight excluding hydrogens is 332 g/mol. The van der Waals surface area contributed by atoms with Crippen molar-refractivity contribution in [3.05, 3.63) is 33.2 Å². The van der Waals surface area contributed by atoms with Crippen LogP contribution in [0.25, 0.3) is 0 Å². The van der Waals surface area contributed by atoms with Crippen molar-refractivity contribution in [2.24, 2.45) is 11.8 Å². The minimum atomic E-state index is -1.71. The first kappa shape index (κ1) is 16.5. The fraction of sp³-hybridized carbons (Fsp3) is 0.700. The van der Waals surface area contributed by atoms with Crippen LogP contribution in [-0.2, 0) is 28.3 Å². The Labute approximate surface area is 152 Å². The van der Waals surface area contributed by atoms with E-state index in [4.69, 9.17) is 4.74 Å². The van der Waals surface area contributed by atoms with Gasteiger partial charge in [0.05, 0.1) is 11.6 Å². The number of esters is 1. The highest BCUT2D eigenvalue weighted by Gasteiger charge is 2.48. The molecule has 6 nitrogen and oxygen atoms in total. The predicted octanol–water partition coefficient (Wildman–Crippen LogP) is 1.73. The maximum Gasteiger partial charge on any atom is 0.343 e. The van der Waals surface area contributed by atoms with E-state index < -0.39 is 11.6 Å². The first-order chi connectivity index (χ1) is 12.5. The number of carbonyl (C=O) groups is 1. The van der Waals surface area contributed by atoms with Crippen LogP contribution in [0, 0.1) is 11.8 Å². The number of aromatic nitrogens is 1. The topological polar surface area (TPSA) is 80.6 Å². The summed E-state index contributed by atoms with van der Waals surface area (Å²) >= 11 is 0. The standard InChI is InChI=1S/C20H26N2O4/c1-2-20(25)14-8-16-17-12(7-11-5-3-4-6-15(11)21-17)9-22(16)18(23)13(14)10-26-19(20)24/h8,11-12,15,17,21,25H,2-7,9-10H2,1H3. The highest BCUT2D eigenvalue weighted by Crippen LogP contribution is 2.45. The molecule has 0 radical (unpaired) electrons. The van der Waals surface area contributed by atoms with E-state index in [2.05, 4.69) is 5.32 Å². The van der Waals surface area contributed by atoms with Gasteiger partial charge in [0.25, 0.3) is 5.56 Å². The van der Waals surface area contributed by atoms with Gasteiger partial charge in [-0.15, -0.1) is 0 Å². The first-order valence-corrected chi connectivity index (χ1v) is 9.95. The quantitative estimate of drug-likeness (QED) is 0.747. The van der Waals surface area contributed by atoms with Crippen molar-refractivity contribution in [3.8, 4) is 0 Å². The molecule has 0 spiro atoms. The Bertz CT molecular complexity index is 832. The smallest absolute Gasteiger partial charge is 0.343 e. The molecule has 0 amide bonds. The van der Waals surface area contributed by atoms with Crippen molar-refractivity contribution >= 4 is 5.97 Å². The van der Waals surface area contributed by atoms with Gasteiger partial charge in [-0.25, -0.2) is 4.79 Å². The number of rotatable bonds is 1. The van der Waals surface area contributed by atoms with Crippen LogP contribution in [0.2, 0.25) is 0 Å². The molecule has 5 rings (SSSR count). The molecule has 140 valence electrons. The van der Waals surface area contributed by atoms with E-state index in [-0.39, 0.29) is 24.6 Å². The maximum atomic E-state index is 13.1. The summed E-state index contributed by atoms with van der Waals surface area (Å²) in [5.74, 6) is 0.481. The number of pyridine rings is 1. The molecule has 5 atom stereocenters. The van der Waals surface area contributed by atoms with E-state index in [9.17, 15) is 14.7 Å². The second-order valence-corrected chi connectivity index (χ2v) is 8.46. The number of cyclic esters (lactones) is 1. The number of ether oxygens (including phenoxy) is 1. The fourth-order valence-electron chi connectivity index (χ4n) is 5.71. The Balaban J connectivity index is 1.60. The predicted molar refractivity (Wildman–Crippen MR) is 94.4 cm³/mol. The lowest BCUT2D eigenvalue weighted by atomic mass is 9.73. The summed E-state index contributed by atoms with van der Waals surface area (Å²) in [6, 6.07) is 2.57. The lowest BCUT2D eigenvalue weighted by Gasteiger charge is -2.42. The molecule has 1 aromatic rings. The minimum absolute atomic E-state index is 0.0381. The molecular formula is C20H26N2O4. The van der Waals surface area contributed by atoms with Crippen LogP contribution in [0.4, 0.5) is 0 Å². The van der Waals surface area contributed by atoms with Gasteiger partial charge in [0, 0.05) is 23.8 Å². The van der Waals surface area contributed by atoms with Gasteiger partial charge < -0.3 is 19.7 Å². The van der Waals surface area contributed by atoms with Gasteiger partial charge in [-0.1, -0.05) is 19.8 Å². The van der Waals surface area contributed by atoms with Crippen LogP contribution < -0.4 is 10.9 Å². The number of carbonyl (C=O) groups excluding carboxylic acids is 1. The molecule has 4 heterocycles. The molecule has 26 heavy (non-hydrogen) atoms. The third-order valence-corrected chi connectivity index (χ3v) is 7.19. The molecule has 1 aliphatic carbocycles. The van der Waals surface area contributed by atoms with Crippen molar-refractivity contribution in [1.29, 1.82) is 0 Å². The van der Waals surface area contributed by atoms with E-state index in [0.717, 1.165) is 18.7 Å². The summed E-state index contributed by atoms with van der Waals surface area (Å²) in [4.78, 5) is 25.3. The summed E-state index contributed by atoms with van der Waals surface area (Å²) in [6.45, 7) is 2.43. The van der Waals surface area contributed by atoms with Gasteiger partial charge >= 0.3 is 5.97 Å². The minimum Gasteiger partial charge on any atom is -0.458 e. The molecule has 1 aromatic heterocycles. The van der Waals surface area contributed by atoms with Gasteiger partial charge in [0.15, 0.2) is 5.60 Å². The molecule has 3 aliphatic heterocycles. The Kier molecular flexibility index (Phi) is 3.60. The monoisotopic (exact) mass is 358 g/mol. The third-order valence-electron chi connectivity index (χ3n) is 7.19. The lowest BCUT2D eigenvalue weighted by molar-refractivity contribution is -0.172. The molecule has 1 saturated heterocycles. The molecule has 0 aromatic carbocycles. The van der Waals surface area contributed by atoms with Crippen molar-refractivity contribution in [2.45, 2.75) is 76.3 Å². The molecule has 6 heteroatoms. The van der Waals surface area contributed by atoms with Gasteiger partial charge in [0.1, 0.15) is 6.61 Å². The normalized spacial score (nSPS) is 38.0. The average molecular weight is 358 g/mol. The average Bonchev–Trinajstić information content (AvgIpc) is 3.01. The van der Waals surface area contributed by atoms with Crippen LogP contribution in [0.1, 0.15) is 68.3 Å². The highest BCUT2D eigenvalue weighted by atomic mass is 16.6. The van der Waals surface area contributed by atoms with E-state index in [0.29, 0.717) is 29.0 Å². The molecule has 4 aliphatic rings. The van der Waals surface area contributed by atoms with Crippen LogP contribution in [-0.4, -0.2) is 21.7 Å². The zero-order chi connectivity index (χ0) is 18.1. The second kappa shape index (κ2) is 5.67. The lowest BCUT2D eigenvalue weighted by Crippen LogP contribution is -2.48. The summed E-state index contributed by atoms with van der Waals surface area (Å²) in [5, 5.41) is 14.7. The van der Waals surface area contributed by atoms with Crippen molar-refractivity contribution in [3.63, 3.8) is 0 Å². The summed E-state index contributed by atoms with van der Waals surface area (Å²) in [5.41, 5.74) is 0.0255. The molecule has 5 unspecified atom stereocenters. The molecule has 1 saturated carbocycles. The van der Waals surface area contributed by atoms with Gasteiger partial charge in [-0.05, 0) is 43.6 Å². The highest BCUT2D eigenvalue weighted by molar-refractivity contribution is 5.83. The summed E-state index contributed by atoms with van der Waals surface area (Å²) in [6.07, 6.45) is 6.42. The number of hydrogen-bond acceptors (Lipinski definition) is 5. The number of piperidine rings is 1. The van der Waals surface area contributed by atoms with E-state index in [1.165, 1.54) is 25.7 Å². The van der Waals surface area contributed by atoms with Crippen LogP contribution in [0.5, 0.6) is 0 Å². The largest absolute Gasteiger partial charge is 0.458 e. The van der Waals surface area contributed by atoms with Crippen molar-refractivity contribution in [1.82, 2.24) is 9.88 Å². The number of fused-ring (bicyclic) bond motifs is 5. The van der Waals surface area contributed by atoms with Crippen LogP contribution in [0.3, 0.4) is 0 Å². The number of nitrogens with one attached hydrogen (secondary N) is 1. The van der Waals surface area contributed by atoms with E-state index in [1.54, 1.807) is 6.92 Å². The number of aliphatic hydroxyl groups is 1. The van der Waals surface area contributed by atoms with Crippen molar-refractivity contribution in [2.75, 3.05) is 0 Å².